The van der Waals surface area contributed by atoms with Gasteiger partial charge in [-0.05, 0) is 49.0 Å². The first kappa shape index (κ1) is 13.8. The maximum atomic E-state index is 13.5. The van der Waals surface area contributed by atoms with E-state index in [9.17, 15) is 4.39 Å². The van der Waals surface area contributed by atoms with E-state index < -0.39 is 0 Å². The summed E-state index contributed by atoms with van der Waals surface area (Å²) in [7, 11) is 0. The normalized spacial score (nSPS) is 27.0. The molecule has 2 aliphatic rings. The molecule has 0 unspecified atom stereocenters. The number of aryl methyl sites for hydroxylation is 1. The van der Waals surface area contributed by atoms with Crippen molar-refractivity contribution in [3.63, 3.8) is 0 Å². The molecule has 2 heterocycles. The lowest BCUT2D eigenvalue weighted by atomic mass is 10.0. The van der Waals surface area contributed by atoms with E-state index in [1.54, 1.807) is 6.07 Å². The lowest BCUT2D eigenvalue weighted by Crippen LogP contribution is -2.25. The zero-order chi connectivity index (χ0) is 11.8. The van der Waals surface area contributed by atoms with Crippen LogP contribution in [0.2, 0.25) is 0 Å². The molecule has 0 bridgehead atoms. The molecule has 0 saturated carbocycles. The summed E-state index contributed by atoms with van der Waals surface area (Å²) >= 11 is 0. The van der Waals surface area contributed by atoms with Crippen LogP contribution in [0.25, 0.3) is 0 Å². The van der Waals surface area contributed by atoms with Gasteiger partial charge in [-0.2, -0.15) is 0 Å². The Kier molecular flexibility index (Phi) is 4.25. The second kappa shape index (κ2) is 5.55. The predicted octanol–water partition coefficient (Wildman–Crippen LogP) is 2.21. The van der Waals surface area contributed by atoms with Crippen LogP contribution in [-0.4, -0.2) is 31.1 Å². The standard InChI is InChI=1S/C14H19FN2.ClH/c1-10-2-3-11(4-14(10)15)7-17-8-12-5-16-6-13(12)9-17;/h2-4,12-13,16H,5-9H2,1H3;1H/t12-,13+;. The van der Waals surface area contributed by atoms with Crippen molar-refractivity contribution in [2.24, 2.45) is 11.8 Å². The van der Waals surface area contributed by atoms with Gasteiger partial charge >= 0.3 is 0 Å². The van der Waals surface area contributed by atoms with Crippen LogP contribution in [0.4, 0.5) is 4.39 Å². The molecule has 18 heavy (non-hydrogen) atoms. The van der Waals surface area contributed by atoms with E-state index in [0.717, 1.165) is 55.7 Å². The van der Waals surface area contributed by atoms with Crippen molar-refractivity contribution in [2.75, 3.05) is 26.2 Å². The summed E-state index contributed by atoms with van der Waals surface area (Å²) in [5, 5.41) is 3.44. The lowest BCUT2D eigenvalue weighted by Gasteiger charge is -2.17. The molecule has 1 N–H and O–H groups in total. The molecule has 0 amide bonds. The van der Waals surface area contributed by atoms with Crippen molar-refractivity contribution >= 4 is 12.4 Å². The second-order valence-corrected chi connectivity index (χ2v) is 5.46. The molecule has 1 aromatic carbocycles. The van der Waals surface area contributed by atoms with Crippen molar-refractivity contribution in [2.45, 2.75) is 13.5 Å². The summed E-state index contributed by atoms with van der Waals surface area (Å²) < 4.78 is 13.5. The Morgan fingerprint density at radius 2 is 1.94 bits per heavy atom. The Bertz CT molecular complexity index is 412. The number of hydrogen-bond acceptors (Lipinski definition) is 2. The number of nitrogens with zero attached hydrogens (tertiary/aromatic N) is 1. The highest BCUT2D eigenvalue weighted by Gasteiger charge is 2.35. The van der Waals surface area contributed by atoms with Gasteiger partial charge < -0.3 is 5.32 Å². The summed E-state index contributed by atoms with van der Waals surface area (Å²) in [6, 6.07) is 5.61. The average molecular weight is 271 g/mol. The van der Waals surface area contributed by atoms with E-state index in [2.05, 4.69) is 10.2 Å². The molecular weight excluding hydrogens is 251 g/mol. The summed E-state index contributed by atoms with van der Waals surface area (Å²) in [5.41, 5.74) is 1.83. The first-order chi connectivity index (χ1) is 8.22. The van der Waals surface area contributed by atoms with Crippen LogP contribution >= 0.6 is 12.4 Å². The van der Waals surface area contributed by atoms with Gasteiger partial charge in [0, 0.05) is 19.6 Å². The fourth-order valence-electron chi connectivity index (χ4n) is 3.07. The molecule has 2 fully saturated rings. The van der Waals surface area contributed by atoms with Gasteiger partial charge in [-0.15, -0.1) is 12.4 Å². The first-order valence-corrected chi connectivity index (χ1v) is 6.40. The van der Waals surface area contributed by atoms with Gasteiger partial charge in [-0.25, -0.2) is 4.39 Å². The number of fused-ring (bicyclic) bond motifs is 1. The summed E-state index contributed by atoms with van der Waals surface area (Å²) in [6.07, 6.45) is 0. The van der Waals surface area contributed by atoms with E-state index in [1.807, 2.05) is 19.1 Å². The third-order valence-electron chi connectivity index (χ3n) is 4.11. The molecule has 3 rings (SSSR count). The van der Waals surface area contributed by atoms with Crippen molar-refractivity contribution < 1.29 is 4.39 Å². The third-order valence-corrected chi connectivity index (χ3v) is 4.11. The van der Waals surface area contributed by atoms with E-state index in [4.69, 9.17) is 0 Å². The molecule has 0 spiro atoms. The minimum Gasteiger partial charge on any atom is -0.316 e. The Morgan fingerprint density at radius 1 is 1.28 bits per heavy atom. The Hall–Kier alpha value is -0.640. The number of hydrogen-bond donors (Lipinski definition) is 1. The number of likely N-dealkylation sites (tertiary alicyclic amines) is 1. The van der Waals surface area contributed by atoms with Crippen LogP contribution in [0, 0.1) is 24.6 Å². The highest BCUT2D eigenvalue weighted by molar-refractivity contribution is 5.85. The van der Waals surface area contributed by atoms with Crippen LogP contribution < -0.4 is 5.32 Å². The molecule has 2 aliphatic heterocycles. The van der Waals surface area contributed by atoms with Crippen molar-refractivity contribution in [1.29, 1.82) is 0 Å². The number of benzene rings is 1. The van der Waals surface area contributed by atoms with Gasteiger partial charge in [-0.1, -0.05) is 12.1 Å². The van der Waals surface area contributed by atoms with Gasteiger partial charge in [0.2, 0.25) is 0 Å². The quantitative estimate of drug-likeness (QED) is 0.886. The molecule has 2 saturated heterocycles. The predicted molar refractivity (Wildman–Crippen MR) is 73.5 cm³/mol. The Morgan fingerprint density at radius 3 is 2.56 bits per heavy atom. The minimum absolute atomic E-state index is 0. The fourth-order valence-corrected chi connectivity index (χ4v) is 3.07. The van der Waals surface area contributed by atoms with E-state index in [-0.39, 0.29) is 18.2 Å². The van der Waals surface area contributed by atoms with Gasteiger partial charge in [0.1, 0.15) is 5.82 Å². The molecule has 0 aliphatic carbocycles. The topological polar surface area (TPSA) is 15.3 Å². The van der Waals surface area contributed by atoms with Gasteiger partial charge in [-0.3, -0.25) is 4.90 Å². The summed E-state index contributed by atoms with van der Waals surface area (Å²) in [6.45, 7) is 7.34. The van der Waals surface area contributed by atoms with Crippen LogP contribution in [0.15, 0.2) is 18.2 Å². The highest BCUT2D eigenvalue weighted by atomic mass is 35.5. The van der Waals surface area contributed by atoms with E-state index in [1.165, 1.54) is 0 Å². The number of nitrogens with one attached hydrogen (secondary N) is 1. The maximum absolute atomic E-state index is 13.5. The minimum atomic E-state index is -0.0800. The molecule has 2 atom stereocenters. The van der Waals surface area contributed by atoms with Crippen molar-refractivity contribution in [3.05, 3.63) is 35.1 Å². The maximum Gasteiger partial charge on any atom is 0.126 e. The van der Waals surface area contributed by atoms with Crippen LogP contribution in [-0.2, 0) is 6.54 Å². The third kappa shape index (κ3) is 2.68. The number of halogens is 2. The van der Waals surface area contributed by atoms with Crippen molar-refractivity contribution in [1.82, 2.24) is 10.2 Å². The first-order valence-electron chi connectivity index (χ1n) is 6.40. The van der Waals surface area contributed by atoms with Crippen LogP contribution in [0.3, 0.4) is 0 Å². The molecule has 1 aromatic rings. The van der Waals surface area contributed by atoms with Crippen molar-refractivity contribution in [3.8, 4) is 0 Å². The van der Waals surface area contributed by atoms with E-state index in [0.29, 0.717) is 0 Å². The zero-order valence-corrected chi connectivity index (χ0v) is 11.5. The largest absolute Gasteiger partial charge is 0.316 e. The smallest absolute Gasteiger partial charge is 0.126 e. The molecule has 0 aromatic heterocycles. The second-order valence-electron chi connectivity index (χ2n) is 5.46. The summed E-state index contributed by atoms with van der Waals surface area (Å²) in [4.78, 5) is 2.46. The monoisotopic (exact) mass is 270 g/mol. The molecule has 100 valence electrons. The Balaban J connectivity index is 0.00000120. The summed E-state index contributed by atoms with van der Waals surface area (Å²) in [5.74, 6) is 1.54. The molecular formula is C14H20ClFN2. The average Bonchev–Trinajstić information content (AvgIpc) is 2.84. The molecule has 2 nitrogen and oxygen atoms in total. The zero-order valence-electron chi connectivity index (χ0n) is 10.7. The van der Waals surface area contributed by atoms with Gasteiger partial charge in [0.05, 0.1) is 0 Å². The van der Waals surface area contributed by atoms with Gasteiger partial charge in [0.25, 0.3) is 0 Å². The van der Waals surface area contributed by atoms with Crippen LogP contribution in [0.5, 0.6) is 0 Å². The van der Waals surface area contributed by atoms with E-state index >= 15 is 0 Å². The highest BCUT2D eigenvalue weighted by Crippen LogP contribution is 2.27. The van der Waals surface area contributed by atoms with Crippen LogP contribution in [0.1, 0.15) is 11.1 Å². The van der Waals surface area contributed by atoms with Gasteiger partial charge in [0.15, 0.2) is 0 Å². The fraction of sp³-hybridized carbons (Fsp3) is 0.571. The Labute approximate surface area is 114 Å². The lowest BCUT2D eigenvalue weighted by molar-refractivity contribution is 0.305. The molecule has 4 heteroatoms. The molecule has 0 radical (unpaired) electrons. The number of rotatable bonds is 2. The SMILES string of the molecule is Cc1ccc(CN2C[C@H]3CNC[C@H]3C2)cc1F.Cl.